The van der Waals surface area contributed by atoms with Gasteiger partial charge < -0.3 is 14.9 Å². The first kappa shape index (κ1) is 15.7. The Kier molecular flexibility index (Phi) is 5.28. The van der Waals surface area contributed by atoms with Crippen LogP contribution >= 0.6 is 11.3 Å². The molecule has 1 aromatic carbocycles. The predicted molar refractivity (Wildman–Crippen MR) is 93.8 cm³/mol. The van der Waals surface area contributed by atoms with Crippen LogP contribution in [0.15, 0.2) is 24.3 Å². The average Bonchev–Trinajstić information content (AvgIpc) is 3.19. The molecule has 1 aromatic heterocycles. The van der Waals surface area contributed by atoms with E-state index in [0.717, 1.165) is 31.4 Å². The van der Waals surface area contributed by atoms with E-state index in [9.17, 15) is 0 Å². The molecule has 0 saturated carbocycles. The minimum atomic E-state index is -0.0220. The molecule has 4 rings (SSSR count). The van der Waals surface area contributed by atoms with Crippen molar-refractivity contribution in [3.05, 3.63) is 24.3 Å². The van der Waals surface area contributed by atoms with Crippen LogP contribution in [0, 0.1) is 0 Å². The third-order valence-corrected chi connectivity index (χ3v) is 5.44. The lowest BCUT2D eigenvalue weighted by atomic mass is 10.1. The van der Waals surface area contributed by atoms with Crippen molar-refractivity contribution in [1.29, 1.82) is 0 Å². The van der Waals surface area contributed by atoms with Gasteiger partial charge in [0.25, 0.3) is 0 Å². The molecule has 22 heavy (non-hydrogen) atoms. The molecule has 0 bridgehead atoms. The number of aliphatic hydroxyl groups excluding tert-OH is 1. The summed E-state index contributed by atoms with van der Waals surface area (Å²) in [5, 5.41) is 10.2. The van der Waals surface area contributed by atoms with E-state index >= 15 is 0 Å². The second kappa shape index (κ2) is 7.40. The van der Waals surface area contributed by atoms with Crippen molar-refractivity contribution in [3.8, 4) is 0 Å². The Morgan fingerprint density at radius 1 is 1.09 bits per heavy atom. The average molecular weight is 319 g/mol. The second-order valence-electron chi connectivity index (χ2n) is 6.19. The molecular formula is C17H25N3OS. The number of hydrogen-bond acceptors (Lipinski definition) is 5. The largest absolute Gasteiger partial charge is 0.393 e. The summed E-state index contributed by atoms with van der Waals surface area (Å²) >= 11 is 1.81. The molecule has 0 atom stereocenters. The van der Waals surface area contributed by atoms with Crippen LogP contribution in [0.3, 0.4) is 0 Å². The Bertz CT molecular complexity index is 543. The van der Waals surface area contributed by atoms with Gasteiger partial charge in [0.05, 0.1) is 16.3 Å². The van der Waals surface area contributed by atoms with E-state index in [2.05, 4.69) is 46.1 Å². The fourth-order valence-corrected chi connectivity index (χ4v) is 3.92. The van der Waals surface area contributed by atoms with Crippen LogP contribution < -0.4 is 4.90 Å². The summed E-state index contributed by atoms with van der Waals surface area (Å²) in [5.41, 5.74) is 1.14. The summed E-state index contributed by atoms with van der Waals surface area (Å²) in [6.07, 6.45) is 4.52. The zero-order valence-corrected chi connectivity index (χ0v) is 14.1. The van der Waals surface area contributed by atoms with Gasteiger partial charge in [-0.05, 0) is 44.9 Å². The molecule has 2 aliphatic heterocycles. The van der Waals surface area contributed by atoms with E-state index in [0.29, 0.717) is 0 Å². The highest BCUT2D eigenvalue weighted by Gasteiger charge is 2.15. The molecule has 3 heterocycles. The van der Waals surface area contributed by atoms with Crippen molar-refractivity contribution >= 4 is 26.7 Å². The van der Waals surface area contributed by atoms with E-state index in [1.165, 1.54) is 35.8 Å². The van der Waals surface area contributed by atoms with Crippen LogP contribution in [0.1, 0.15) is 25.7 Å². The minimum Gasteiger partial charge on any atom is -0.393 e. The van der Waals surface area contributed by atoms with Gasteiger partial charge in [-0.2, -0.15) is 0 Å². The quantitative estimate of drug-likeness (QED) is 0.877. The number of piperidine rings is 1. The van der Waals surface area contributed by atoms with Gasteiger partial charge >= 0.3 is 0 Å². The number of hydrogen-bond donors (Lipinski definition) is 1. The smallest absolute Gasteiger partial charge is 0.186 e. The van der Waals surface area contributed by atoms with Crippen LogP contribution in [0.5, 0.6) is 0 Å². The summed E-state index contributed by atoms with van der Waals surface area (Å²) in [6.45, 7) is 4.47. The minimum absolute atomic E-state index is 0.0220. The summed E-state index contributed by atoms with van der Waals surface area (Å²) in [4.78, 5) is 9.28. The van der Waals surface area contributed by atoms with Crippen LogP contribution in [0.2, 0.25) is 0 Å². The molecule has 4 nitrogen and oxygen atoms in total. The van der Waals surface area contributed by atoms with Gasteiger partial charge in [0.15, 0.2) is 5.13 Å². The first-order valence-corrected chi connectivity index (χ1v) is 9.01. The van der Waals surface area contributed by atoms with Gasteiger partial charge in [0.2, 0.25) is 0 Å². The number of likely N-dealkylation sites (tertiary alicyclic amines) is 1. The van der Waals surface area contributed by atoms with Crippen molar-refractivity contribution < 1.29 is 5.11 Å². The third kappa shape index (κ3) is 3.97. The van der Waals surface area contributed by atoms with Gasteiger partial charge in [0, 0.05) is 26.2 Å². The molecule has 2 saturated heterocycles. The van der Waals surface area contributed by atoms with Gasteiger partial charge in [-0.3, -0.25) is 0 Å². The van der Waals surface area contributed by atoms with E-state index < -0.39 is 0 Å². The molecule has 2 aromatic rings. The summed E-state index contributed by atoms with van der Waals surface area (Å²) in [7, 11) is 2.09. The first-order chi connectivity index (χ1) is 10.7. The zero-order chi connectivity index (χ0) is 15.4. The van der Waals surface area contributed by atoms with Crippen LogP contribution in [0.4, 0.5) is 5.13 Å². The summed E-state index contributed by atoms with van der Waals surface area (Å²) in [5.74, 6) is 0. The Morgan fingerprint density at radius 2 is 1.77 bits per heavy atom. The lowest BCUT2D eigenvalue weighted by Crippen LogP contribution is -2.32. The molecular weight excluding hydrogens is 294 g/mol. The van der Waals surface area contributed by atoms with E-state index in [4.69, 9.17) is 5.11 Å². The Labute approximate surface area is 136 Å². The molecule has 0 unspecified atom stereocenters. The number of nitrogens with zero attached hydrogens (tertiary/aromatic N) is 3. The van der Waals surface area contributed by atoms with Crippen molar-refractivity contribution in [1.82, 2.24) is 9.88 Å². The number of para-hydroxylation sites is 1. The fourth-order valence-electron chi connectivity index (χ4n) is 2.90. The number of aromatic nitrogens is 1. The van der Waals surface area contributed by atoms with E-state index in [1.54, 1.807) is 0 Å². The van der Waals surface area contributed by atoms with Crippen LogP contribution in [0.25, 0.3) is 10.2 Å². The molecule has 0 spiro atoms. The molecule has 120 valence electrons. The number of anilines is 1. The molecule has 1 N–H and O–H groups in total. The van der Waals surface area contributed by atoms with Crippen molar-refractivity contribution in [2.45, 2.75) is 31.8 Å². The van der Waals surface area contributed by atoms with E-state index in [1.807, 2.05) is 11.3 Å². The van der Waals surface area contributed by atoms with Gasteiger partial charge in [-0.15, -0.1) is 0 Å². The molecule has 2 fully saturated rings. The van der Waals surface area contributed by atoms with Crippen LogP contribution in [-0.4, -0.2) is 54.3 Å². The number of fused-ring (bicyclic) bond motifs is 1. The molecule has 5 heteroatoms. The monoisotopic (exact) mass is 319 g/mol. The maximum Gasteiger partial charge on any atom is 0.186 e. The normalized spacial score (nSPS) is 20.2. The maximum atomic E-state index is 9.00. The highest BCUT2D eigenvalue weighted by atomic mass is 32.1. The van der Waals surface area contributed by atoms with Gasteiger partial charge in [-0.1, -0.05) is 23.5 Å². The highest BCUT2D eigenvalue weighted by Crippen LogP contribution is 2.30. The molecule has 2 aliphatic rings. The molecule has 0 aliphatic carbocycles. The van der Waals surface area contributed by atoms with Crippen LogP contribution in [-0.2, 0) is 0 Å². The zero-order valence-electron chi connectivity index (χ0n) is 13.2. The topological polar surface area (TPSA) is 39.6 Å². The predicted octanol–water partition coefficient (Wildman–Crippen LogP) is 2.97. The maximum absolute atomic E-state index is 9.00. The Balaban J connectivity index is 0.000000154. The second-order valence-corrected chi connectivity index (χ2v) is 7.20. The van der Waals surface area contributed by atoms with Crippen molar-refractivity contribution in [2.75, 3.05) is 38.1 Å². The standard InChI is InChI=1S/C11H12N2S.C6H13NO/c1-2-6-10-9(5-1)12-11(14-10)13-7-3-4-8-13;1-7-4-2-6(8)3-5-7/h1-2,5-6H,3-4,7-8H2;6,8H,2-5H2,1H3. The molecule has 0 amide bonds. The van der Waals surface area contributed by atoms with Gasteiger partial charge in [0.1, 0.15) is 0 Å². The Hall–Kier alpha value is -1.17. The lowest BCUT2D eigenvalue weighted by molar-refractivity contribution is 0.0943. The number of aliphatic hydroxyl groups is 1. The fraction of sp³-hybridized carbons (Fsp3) is 0.588. The van der Waals surface area contributed by atoms with Gasteiger partial charge in [-0.25, -0.2) is 4.98 Å². The van der Waals surface area contributed by atoms with Crippen molar-refractivity contribution in [3.63, 3.8) is 0 Å². The third-order valence-electron chi connectivity index (χ3n) is 4.35. The number of benzene rings is 1. The summed E-state index contributed by atoms with van der Waals surface area (Å²) in [6, 6.07) is 8.36. The number of rotatable bonds is 1. The number of thiazole rings is 1. The highest BCUT2D eigenvalue weighted by molar-refractivity contribution is 7.22. The van der Waals surface area contributed by atoms with Crippen molar-refractivity contribution in [2.24, 2.45) is 0 Å². The summed E-state index contributed by atoms with van der Waals surface area (Å²) < 4.78 is 1.30. The lowest BCUT2D eigenvalue weighted by Gasteiger charge is -2.25. The SMILES string of the molecule is CN1CCC(O)CC1.c1ccc2sc(N3CCCC3)nc2c1. The van der Waals surface area contributed by atoms with E-state index in [-0.39, 0.29) is 6.10 Å². The molecule has 0 radical (unpaired) electrons. The Morgan fingerprint density at radius 3 is 2.41 bits per heavy atom. The first-order valence-electron chi connectivity index (χ1n) is 8.19.